The largest absolute Gasteiger partial charge is 0.469 e. The van der Waals surface area contributed by atoms with Gasteiger partial charge in [-0.25, -0.2) is 0 Å². The summed E-state index contributed by atoms with van der Waals surface area (Å²) >= 11 is 0. The lowest BCUT2D eigenvalue weighted by Crippen LogP contribution is -2.34. The van der Waals surface area contributed by atoms with Crippen molar-refractivity contribution < 1.29 is 14.3 Å². The molecule has 0 aromatic rings. The first-order chi connectivity index (χ1) is 8.13. The summed E-state index contributed by atoms with van der Waals surface area (Å²) in [4.78, 5) is 24.9. The van der Waals surface area contributed by atoms with E-state index in [-0.39, 0.29) is 17.8 Å². The molecule has 1 aliphatic rings. The molecule has 1 amide bonds. The number of hydrogen-bond donors (Lipinski definition) is 0. The number of methoxy groups -OCH3 is 1. The molecule has 0 spiro atoms. The van der Waals surface area contributed by atoms with Crippen LogP contribution in [0.4, 0.5) is 0 Å². The summed E-state index contributed by atoms with van der Waals surface area (Å²) in [7, 11) is 1.35. The molecule has 1 aliphatic heterocycles. The fourth-order valence-corrected chi connectivity index (χ4v) is 2.07. The maximum absolute atomic E-state index is 12.0. The molecule has 0 N–H and O–H groups in total. The highest BCUT2D eigenvalue weighted by molar-refractivity contribution is 5.83. The van der Waals surface area contributed by atoms with E-state index in [0.717, 1.165) is 6.42 Å². The summed E-state index contributed by atoms with van der Waals surface area (Å²) < 4.78 is 4.65. The maximum atomic E-state index is 12.0. The molecule has 1 fully saturated rings. The monoisotopic (exact) mass is 238 g/mol. The van der Waals surface area contributed by atoms with Crippen LogP contribution in [0.15, 0.2) is 0 Å². The predicted octanol–water partition coefficient (Wildman–Crippen LogP) is 0.948. The summed E-state index contributed by atoms with van der Waals surface area (Å²) in [5.41, 5.74) is 0. The number of nitriles is 1. The molecule has 0 aromatic carbocycles. The van der Waals surface area contributed by atoms with Gasteiger partial charge in [-0.1, -0.05) is 13.3 Å². The van der Waals surface area contributed by atoms with Crippen molar-refractivity contribution in [1.29, 1.82) is 5.26 Å². The van der Waals surface area contributed by atoms with Crippen LogP contribution in [0, 0.1) is 23.2 Å². The van der Waals surface area contributed by atoms with Crippen LogP contribution in [0.2, 0.25) is 0 Å². The van der Waals surface area contributed by atoms with E-state index < -0.39 is 5.92 Å². The van der Waals surface area contributed by atoms with Crippen LogP contribution in [-0.4, -0.2) is 37.0 Å². The van der Waals surface area contributed by atoms with Crippen LogP contribution in [0.1, 0.15) is 26.2 Å². The topological polar surface area (TPSA) is 70.4 Å². The highest BCUT2D eigenvalue weighted by Crippen LogP contribution is 2.20. The number of ether oxygens (including phenoxy) is 1. The van der Waals surface area contributed by atoms with Crippen molar-refractivity contribution in [3.05, 3.63) is 0 Å². The van der Waals surface area contributed by atoms with Crippen molar-refractivity contribution >= 4 is 11.9 Å². The van der Waals surface area contributed by atoms with Crippen molar-refractivity contribution in [2.75, 3.05) is 20.2 Å². The second-order valence-corrected chi connectivity index (χ2v) is 4.26. The number of amides is 1. The molecule has 5 nitrogen and oxygen atoms in total. The highest BCUT2D eigenvalue weighted by atomic mass is 16.5. The molecule has 0 aliphatic carbocycles. The summed E-state index contributed by atoms with van der Waals surface area (Å²) in [6.07, 6.45) is 2.01. The highest BCUT2D eigenvalue weighted by Gasteiger charge is 2.34. The van der Waals surface area contributed by atoms with Gasteiger partial charge in [0.2, 0.25) is 5.91 Å². The van der Waals surface area contributed by atoms with E-state index in [2.05, 4.69) is 4.74 Å². The van der Waals surface area contributed by atoms with Crippen LogP contribution in [0.25, 0.3) is 0 Å². The van der Waals surface area contributed by atoms with E-state index in [1.54, 1.807) is 4.90 Å². The molecule has 2 atom stereocenters. The van der Waals surface area contributed by atoms with Gasteiger partial charge in [0.1, 0.15) is 5.92 Å². The third-order valence-corrected chi connectivity index (χ3v) is 3.07. The van der Waals surface area contributed by atoms with E-state index in [4.69, 9.17) is 5.26 Å². The maximum Gasteiger partial charge on any atom is 0.310 e. The summed E-state index contributed by atoms with van der Waals surface area (Å²) in [6.45, 7) is 2.87. The minimum Gasteiger partial charge on any atom is -0.469 e. The second-order valence-electron chi connectivity index (χ2n) is 4.26. The number of likely N-dealkylation sites (tertiary alicyclic amines) is 1. The van der Waals surface area contributed by atoms with Crippen molar-refractivity contribution in [2.24, 2.45) is 11.8 Å². The summed E-state index contributed by atoms with van der Waals surface area (Å²) in [6, 6.07) is 2.03. The molecular weight excluding hydrogens is 220 g/mol. The van der Waals surface area contributed by atoms with E-state index in [9.17, 15) is 9.59 Å². The van der Waals surface area contributed by atoms with Gasteiger partial charge in [-0.15, -0.1) is 0 Å². The Morgan fingerprint density at radius 1 is 1.59 bits per heavy atom. The third-order valence-electron chi connectivity index (χ3n) is 3.07. The summed E-state index contributed by atoms with van der Waals surface area (Å²) in [5.74, 6) is -1.23. The van der Waals surface area contributed by atoms with Gasteiger partial charge in [-0.05, 0) is 12.8 Å². The van der Waals surface area contributed by atoms with Crippen LogP contribution >= 0.6 is 0 Å². The molecule has 94 valence electrons. The van der Waals surface area contributed by atoms with Crippen molar-refractivity contribution in [3.63, 3.8) is 0 Å². The molecule has 0 bridgehead atoms. The Morgan fingerprint density at radius 3 is 2.82 bits per heavy atom. The zero-order valence-corrected chi connectivity index (χ0v) is 10.3. The number of hydrogen-bond acceptors (Lipinski definition) is 4. The Hall–Kier alpha value is -1.57. The van der Waals surface area contributed by atoms with E-state index in [0.29, 0.717) is 25.9 Å². The Labute approximate surface area is 101 Å². The first kappa shape index (κ1) is 13.5. The number of nitrogens with zero attached hydrogens (tertiary/aromatic N) is 2. The number of carbonyl (C=O) groups excluding carboxylic acids is 2. The zero-order valence-electron chi connectivity index (χ0n) is 10.3. The SMILES string of the molecule is CCCC(C#N)C(=O)N1CCC(C(=O)OC)C1. The molecule has 0 saturated carbocycles. The first-order valence-corrected chi connectivity index (χ1v) is 5.90. The second kappa shape index (κ2) is 6.24. The molecule has 1 saturated heterocycles. The molecule has 0 radical (unpaired) electrons. The van der Waals surface area contributed by atoms with Crippen molar-refractivity contribution in [1.82, 2.24) is 4.90 Å². The van der Waals surface area contributed by atoms with Crippen LogP contribution in [0.5, 0.6) is 0 Å². The van der Waals surface area contributed by atoms with E-state index in [1.807, 2.05) is 13.0 Å². The minimum absolute atomic E-state index is 0.152. The van der Waals surface area contributed by atoms with E-state index >= 15 is 0 Å². The van der Waals surface area contributed by atoms with Gasteiger partial charge in [-0.2, -0.15) is 5.26 Å². The Kier molecular flexibility index (Phi) is 4.95. The normalized spacial score (nSPS) is 20.8. The molecule has 17 heavy (non-hydrogen) atoms. The Morgan fingerprint density at radius 2 is 2.29 bits per heavy atom. The van der Waals surface area contributed by atoms with Crippen molar-refractivity contribution in [3.8, 4) is 6.07 Å². The van der Waals surface area contributed by atoms with Gasteiger partial charge in [0.05, 0.1) is 19.1 Å². The van der Waals surface area contributed by atoms with Gasteiger partial charge in [0, 0.05) is 13.1 Å². The molecule has 5 heteroatoms. The summed E-state index contributed by atoms with van der Waals surface area (Å²) in [5, 5.41) is 8.92. The quantitative estimate of drug-likeness (QED) is 0.684. The molecule has 1 rings (SSSR count). The number of rotatable bonds is 4. The zero-order chi connectivity index (χ0) is 12.8. The number of esters is 1. The van der Waals surface area contributed by atoms with Gasteiger partial charge in [0.25, 0.3) is 0 Å². The van der Waals surface area contributed by atoms with Gasteiger partial charge in [-0.3, -0.25) is 9.59 Å². The smallest absolute Gasteiger partial charge is 0.310 e. The Balaban J connectivity index is 2.56. The fraction of sp³-hybridized carbons (Fsp3) is 0.750. The standard InChI is InChI=1S/C12H18N2O3/c1-3-4-9(7-13)11(15)14-6-5-10(8-14)12(16)17-2/h9-10H,3-6,8H2,1-2H3. The average Bonchev–Trinajstić information content (AvgIpc) is 2.83. The molecule has 1 heterocycles. The minimum atomic E-state index is -0.573. The van der Waals surface area contributed by atoms with Gasteiger partial charge >= 0.3 is 5.97 Å². The number of carbonyl (C=O) groups is 2. The van der Waals surface area contributed by atoms with E-state index in [1.165, 1.54) is 7.11 Å². The van der Waals surface area contributed by atoms with Gasteiger partial charge in [0.15, 0.2) is 0 Å². The Bertz CT molecular complexity index is 335. The third kappa shape index (κ3) is 3.19. The predicted molar refractivity (Wildman–Crippen MR) is 60.7 cm³/mol. The van der Waals surface area contributed by atoms with Crippen LogP contribution < -0.4 is 0 Å². The van der Waals surface area contributed by atoms with Crippen LogP contribution in [0.3, 0.4) is 0 Å². The lowest BCUT2D eigenvalue weighted by Gasteiger charge is -2.18. The fourth-order valence-electron chi connectivity index (χ4n) is 2.07. The van der Waals surface area contributed by atoms with Crippen molar-refractivity contribution in [2.45, 2.75) is 26.2 Å². The van der Waals surface area contributed by atoms with Gasteiger partial charge < -0.3 is 9.64 Å². The lowest BCUT2D eigenvalue weighted by atomic mass is 10.0. The molecular formula is C12H18N2O3. The average molecular weight is 238 g/mol. The molecule has 2 unspecified atom stereocenters. The van der Waals surface area contributed by atoms with Crippen LogP contribution in [-0.2, 0) is 14.3 Å². The lowest BCUT2D eigenvalue weighted by molar-refractivity contribution is -0.145. The molecule has 0 aromatic heterocycles. The first-order valence-electron chi connectivity index (χ1n) is 5.90.